The van der Waals surface area contributed by atoms with E-state index in [1.807, 2.05) is 30.3 Å². The van der Waals surface area contributed by atoms with Crippen LogP contribution in [-0.2, 0) is 0 Å². The van der Waals surface area contributed by atoms with Gasteiger partial charge in [-0.2, -0.15) is 5.10 Å². The molecular formula is C8H8N3S. The molecule has 12 heavy (non-hydrogen) atoms. The second-order valence-corrected chi connectivity index (χ2v) is 3.14. The fourth-order valence-electron chi connectivity index (χ4n) is 0.900. The first-order valence-corrected chi connectivity index (χ1v) is 4.46. The van der Waals surface area contributed by atoms with Crippen molar-refractivity contribution in [2.75, 3.05) is 5.32 Å². The fourth-order valence-corrected chi connectivity index (χ4v) is 1.39. The highest BCUT2D eigenvalue weighted by atomic mass is 32.2. The first-order valence-electron chi connectivity index (χ1n) is 3.58. The average molecular weight is 178 g/mol. The van der Waals surface area contributed by atoms with Crippen molar-refractivity contribution < 1.29 is 0 Å². The van der Waals surface area contributed by atoms with Crippen LogP contribution in [0.1, 0.15) is 0 Å². The standard InChI is InChI=1S/C8H8N3S/c1-2-4-7(5-3-1)10-8-11-9-6-12-8/h1-6,10-11H. The Bertz CT molecular complexity index is 265. The van der Waals surface area contributed by atoms with E-state index in [9.17, 15) is 0 Å². The molecule has 0 amide bonds. The Morgan fingerprint density at radius 3 is 2.75 bits per heavy atom. The molecule has 2 rings (SSSR count). The van der Waals surface area contributed by atoms with E-state index in [0.717, 1.165) is 11.2 Å². The van der Waals surface area contributed by atoms with E-state index in [2.05, 4.69) is 15.8 Å². The van der Waals surface area contributed by atoms with Gasteiger partial charge in [-0.25, -0.2) is 0 Å². The third-order valence-corrected chi connectivity index (χ3v) is 2.06. The first kappa shape index (κ1) is 7.49. The molecule has 0 saturated carbocycles. The molecule has 0 spiro atoms. The maximum Gasteiger partial charge on any atom is 0.232 e. The summed E-state index contributed by atoms with van der Waals surface area (Å²) < 4.78 is 0. The van der Waals surface area contributed by atoms with Crippen molar-refractivity contribution in [3.05, 3.63) is 35.8 Å². The summed E-state index contributed by atoms with van der Waals surface area (Å²) >= 11 is 1.54. The van der Waals surface area contributed by atoms with Crippen LogP contribution in [-0.4, -0.2) is 5.55 Å². The number of hydrogen-bond donors (Lipinski definition) is 2. The SMILES string of the molecule is C1=NN[C](Nc2ccccc2)S1. The van der Waals surface area contributed by atoms with E-state index in [4.69, 9.17) is 0 Å². The minimum atomic E-state index is 0.946. The summed E-state index contributed by atoms with van der Waals surface area (Å²) in [5.41, 5.74) is 6.61. The molecule has 0 bridgehead atoms. The molecule has 4 heteroatoms. The molecule has 1 aromatic rings. The molecule has 0 aliphatic carbocycles. The predicted molar refractivity (Wildman–Crippen MR) is 52.5 cm³/mol. The van der Waals surface area contributed by atoms with Gasteiger partial charge >= 0.3 is 0 Å². The molecule has 0 atom stereocenters. The van der Waals surface area contributed by atoms with E-state index in [0.29, 0.717) is 0 Å². The van der Waals surface area contributed by atoms with E-state index < -0.39 is 0 Å². The van der Waals surface area contributed by atoms with Crippen LogP contribution in [0.2, 0.25) is 0 Å². The van der Waals surface area contributed by atoms with Gasteiger partial charge in [-0.1, -0.05) is 30.0 Å². The molecule has 1 radical (unpaired) electrons. The van der Waals surface area contributed by atoms with Crippen LogP contribution >= 0.6 is 11.8 Å². The van der Waals surface area contributed by atoms with Crippen LogP contribution < -0.4 is 10.7 Å². The first-order chi connectivity index (χ1) is 5.95. The predicted octanol–water partition coefficient (Wildman–Crippen LogP) is 1.83. The molecule has 3 nitrogen and oxygen atoms in total. The van der Waals surface area contributed by atoms with E-state index in [1.54, 1.807) is 5.55 Å². The summed E-state index contributed by atoms with van der Waals surface area (Å²) in [6.45, 7) is 0. The molecule has 0 unspecified atom stereocenters. The van der Waals surface area contributed by atoms with Gasteiger partial charge in [-0.3, -0.25) is 5.43 Å². The summed E-state index contributed by atoms with van der Waals surface area (Å²) in [5, 5.41) is 7.03. The Morgan fingerprint density at radius 2 is 2.08 bits per heavy atom. The van der Waals surface area contributed by atoms with Gasteiger partial charge in [0.25, 0.3) is 0 Å². The smallest absolute Gasteiger partial charge is 0.232 e. The lowest BCUT2D eigenvalue weighted by molar-refractivity contribution is 0.880. The van der Waals surface area contributed by atoms with E-state index >= 15 is 0 Å². The highest BCUT2D eigenvalue weighted by Crippen LogP contribution is 2.20. The summed E-state index contributed by atoms with van der Waals surface area (Å²) in [4.78, 5) is 0. The molecule has 0 aromatic heterocycles. The zero-order valence-electron chi connectivity index (χ0n) is 6.32. The van der Waals surface area contributed by atoms with E-state index in [1.165, 1.54) is 11.8 Å². The number of benzene rings is 1. The Morgan fingerprint density at radius 1 is 1.25 bits per heavy atom. The lowest BCUT2D eigenvalue weighted by Crippen LogP contribution is -2.15. The zero-order chi connectivity index (χ0) is 8.23. The van der Waals surface area contributed by atoms with Crippen molar-refractivity contribution in [1.29, 1.82) is 0 Å². The quantitative estimate of drug-likeness (QED) is 0.725. The number of thioether (sulfide) groups is 1. The lowest BCUT2D eigenvalue weighted by Gasteiger charge is -2.09. The highest BCUT2D eigenvalue weighted by molar-refractivity contribution is 8.14. The summed E-state index contributed by atoms with van der Waals surface area (Å²) in [6, 6.07) is 9.98. The third kappa shape index (κ3) is 1.71. The minimum absolute atomic E-state index is 0.946. The Kier molecular flexibility index (Phi) is 2.18. The van der Waals surface area contributed by atoms with Crippen LogP contribution in [0.5, 0.6) is 0 Å². The Hall–Kier alpha value is -1.16. The van der Waals surface area contributed by atoms with Crippen LogP contribution in [0.3, 0.4) is 0 Å². The van der Waals surface area contributed by atoms with Gasteiger partial charge in [-0.05, 0) is 12.1 Å². The van der Waals surface area contributed by atoms with Gasteiger partial charge in [0.2, 0.25) is 5.50 Å². The molecule has 0 saturated heterocycles. The van der Waals surface area contributed by atoms with Crippen molar-refractivity contribution in [2.24, 2.45) is 5.10 Å². The monoisotopic (exact) mass is 178 g/mol. The normalized spacial score (nSPS) is 16.0. The molecule has 1 aliphatic heterocycles. The molecule has 2 N–H and O–H groups in total. The van der Waals surface area contributed by atoms with Gasteiger partial charge in [0.15, 0.2) is 0 Å². The topological polar surface area (TPSA) is 36.4 Å². The number of nitrogens with zero attached hydrogens (tertiary/aromatic N) is 1. The van der Waals surface area contributed by atoms with E-state index in [-0.39, 0.29) is 0 Å². The zero-order valence-corrected chi connectivity index (χ0v) is 7.14. The molecule has 0 fully saturated rings. The van der Waals surface area contributed by atoms with Gasteiger partial charge in [-0.15, -0.1) is 0 Å². The summed E-state index contributed by atoms with van der Waals surface area (Å²) in [6.07, 6.45) is 0. The molecule has 1 aromatic carbocycles. The van der Waals surface area contributed by atoms with Gasteiger partial charge < -0.3 is 5.32 Å². The summed E-state index contributed by atoms with van der Waals surface area (Å²) in [7, 11) is 0. The van der Waals surface area contributed by atoms with Crippen LogP contribution in [0.15, 0.2) is 35.4 Å². The van der Waals surface area contributed by atoms with Crippen molar-refractivity contribution in [1.82, 2.24) is 5.43 Å². The number of nitrogens with one attached hydrogen (secondary N) is 2. The summed E-state index contributed by atoms with van der Waals surface area (Å²) in [5.74, 6) is 0. The molecule has 61 valence electrons. The number of para-hydroxylation sites is 1. The van der Waals surface area contributed by atoms with Crippen molar-refractivity contribution in [2.45, 2.75) is 0 Å². The maximum atomic E-state index is 3.85. The fraction of sp³-hybridized carbons (Fsp3) is 0. The second-order valence-electron chi connectivity index (χ2n) is 2.28. The number of anilines is 1. The van der Waals surface area contributed by atoms with Gasteiger partial charge in [0.1, 0.15) is 0 Å². The Balaban J connectivity index is 1.95. The number of rotatable bonds is 2. The van der Waals surface area contributed by atoms with Crippen molar-refractivity contribution in [3.63, 3.8) is 0 Å². The highest BCUT2D eigenvalue weighted by Gasteiger charge is 2.11. The Labute approximate surface area is 75.2 Å². The molecule has 1 heterocycles. The number of hydrazone groups is 1. The molecule has 1 aliphatic rings. The van der Waals surface area contributed by atoms with Crippen LogP contribution in [0.4, 0.5) is 5.69 Å². The average Bonchev–Trinajstić information content (AvgIpc) is 2.59. The van der Waals surface area contributed by atoms with Crippen LogP contribution in [0, 0.1) is 5.50 Å². The number of hydrogen-bond acceptors (Lipinski definition) is 4. The maximum absolute atomic E-state index is 3.85. The van der Waals surface area contributed by atoms with Gasteiger partial charge in [0, 0.05) is 5.69 Å². The van der Waals surface area contributed by atoms with Crippen molar-refractivity contribution >= 4 is 23.0 Å². The minimum Gasteiger partial charge on any atom is -0.349 e. The van der Waals surface area contributed by atoms with Gasteiger partial charge in [0.05, 0.1) is 5.55 Å². The van der Waals surface area contributed by atoms with Crippen molar-refractivity contribution in [3.8, 4) is 0 Å². The van der Waals surface area contributed by atoms with Crippen LogP contribution in [0.25, 0.3) is 0 Å². The molecular weight excluding hydrogens is 170 g/mol. The largest absolute Gasteiger partial charge is 0.349 e. The lowest BCUT2D eigenvalue weighted by atomic mass is 10.3. The second kappa shape index (κ2) is 3.49. The third-order valence-electron chi connectivity index (χ3n) is 1.42.